The lowest BCUT2D eigenvalue weighted by atomic mass is 10.1. The van der Waals surface area contributed by atoms with Gasteiger partial charge in [0.1, 0.15) is 35.0 Å². The highest BCUT2D eigenvalue weighted by Gasteiger charge is 2.27. The molecular weight excluding hydrogens is 543 g/mol. The van der Waals surface area contributed by atoms with Crippen LogP contribution in [0.4, 0.5) is 10.4 Å². The lowest BCUT2D eigenvalue weighted by molar-refractivity contribution is -0.119. The Morgan fingerprint density at radius 3 is 2.65 bits per heavy atom. The maximum Gasteiger partial charge on any atom is 0.324 e. The summed E-state index contributed by atoms with van der Waals surface area (Å²) in [6.07, 6.45) is 2.53. The molecule has 0 unspecified atom stereocenters. The second-order valence-electron chi connectivity index (χ2n) is 9.77. The summed E-state index contributed by atoms with van der Waals surface area (Å²) in [5.41, 5.74) is 1.08. The Bertz CT molecular complexity index is 1660. The van der Waals surface area contributed by atoms with Gasteiger partial charge >= 0.3 is 6.01 Å². The molecule has 40 heavy (non-hydrogen) atoms. The number of piperidine rings is 1. The second kappa shape index (κ2) is 10.8. The molecule has 1 aromatic carbocycles. The van der Waals surface area contributed by atoms with Gasteiger partial charge in [0.2, 0.25) is 11.8 Å². The number of aryl methyl sites for hydroxylation is 1. The molecule has 0 radical (unpaired) electrons. The summed E-state index contributed by atoms with van der Waals surface area (Å²) >= 11 is 0. The third-order valence-corrected chi connectivity index (χ3v) is 7.97. The van der Waals surface area contributed by atoms with Crippen LogP contribution in [0.25, 0.3) is 22.3 Å². The maximum absolute atomic E-state index is 15.2. The van der Waals surface area contributed by atoms with Crippen molar-refractivity contribution in [2.24, 2.45) is 7.05 Å². The normalized spacial score (nSPS) is 14.7. The van der Waals surface area contributed by atoms with Gasteiger partial charge < -0.3 is 14.2 Å². The van der Waals surface area contributed by atoms with Crippen LogP contribution in [0.3, 0.4) is 0 Å². The number of amides is 1. The molecule has 4 aromatic rings. The average molecular weight is 573 g/mol. The Labute approximate surface area is 229 Å². The highest BCUT2D eigenvalue weighted by Crippen LogP contribution is 2.33. The Kier molecular flexibility index (Phi) is 7.40. The fourth-order valence-electron chi connectivity index (χ4n) is 4.39. The summed E-state index contributed by atoms with van der Waals surface area (Å²) < 4.78 is 55.1. The van der Waals surface area contributed by atoms with E-state index in [1.807, 2.05) is 23.5 Å². The van der Waals surface area contributed by atoms with E-state index in [-0.39, 0.29) is 34.6 Å². The zero-order valence-electron chi connectivity index (χ0n) is 22.5. The summed E-state index contributed by atoms with van der Waals surface area (Å²) in [6, 6.07) is 3.85. The van der Waals surface area contributed by atoms with Crippen molar-refractivity contribution >= 4 is 33.0 Å². The smallest absolute Gasteiger partial charge is 0.324 e. The highest BCUT2D eigenvalue weighted by atomic mass is 32.2. The monoisotopic (exact) mass is 572 g/mol. The fourth-order valence-corrected chi connectivity index (χ4v) is 5.46. The molecule has 3 aromatic heterocycles. The van der Waals surface area contributed by atoms with Crippen LogP contribution in [0.2, 0.25) is 0 Å². The van der Waals surface area contributed by atoms with Crippen molar-refractivity contribution in [3.05, 3.63) is 36.2 Å². The molecule has 212 valence electrons. The molecule has 0 aliphatic carbocycles. The number of benzene rings is 1. The van der Waals surface area contributed by atoms with Gasteiger partial charge in [-0.05, 0) is 18.2 Å². The summed E-state index contributed by atoms with van der Waals surface area (Å²) in [5.74, 6) is -0.367. The molecule has 0 bridgehead atoms. The van der Waals surface area contributed by atoms with Crippen LogP contribution in [0, 0.1) is 5.82 Å². The quantitative estimate of drug-likeness (QED) is 0.331. The Balaban J connectivity index is 1.35. The molecular formula is C25H29FN8O5S. The predicted molar refractivity (Wildman–Crippen MR) is 142 cm³/mol. The molecule has 5 rings (SSSR count). The largest absolute Gasteiger partial charge is 0.473 e. The number of carbonyl (C=O) groups is 1. The van der Waals surface area contributed by atoms with Gasteiger partial charge in [-0.1, -0.05) is 25.9 Å². The number of halogens is 1. The van der Waals surface area contributed by atoms with Gasteiger partial charge in [0, 0.05) is 50.9 Å². The van der Waals surface area contributed by atoms with Gasteiger partial charge in [0.05, 0.1) is 4.90 Å². The summed E-state index contributed by atoms with van der Waals surface area (Å²) in [6.45, 7) is 6.85. The second-order valence-corrected chi connectivity index (χ2v) is 11.4. The zero-order valence-corrected chi connectivity index (χ0v) is 23.3. The minimum absolute atomic E-state index is 0.0270. The summed E-state index contributed by atoms with van der Waals surface area (Å²) in [5, 5.41) is 8.46. The highest BCUT2D eigenvalue weighted by molar-refractivity contribution is 7.90. The molecule has 1 aliphatic heterocycles. The van der Waals surface area contributed by atoms with Crippen LogP contribution >= 0.6 is 0 Å². The predicted octanol–water partition coefficient (Wildman–Crippen LogP) is 2.94. The molecule has 4 heterocycles. The number of sulfonamides is 1. The van der Waals surface area contributed by atoms with Crippen molar-refractivity contribution < 1.29 is 26.9 Å². The summed E-state index contributed by atoms with van der Waals surface area (Å²) in [7, 11) is -2.54. The number of aromatic nitrogens is 6. The van der Waals surface area contributed by atoms with Crippen molar-refractivity contribution in [2.75, 3.05) is 18.0 Å². The van der Waals surface area contributed by atoms with E-state index in [9.17, 15) is 13.2 Å². The van der Waals surface area contributed by atoms with Gasteiger partial charge in [-0.2, -0.15) is 15.1 Å². The number of nitrogens with zero attached hydrogens (tertiary/aromatic N) is 7. The standard InChI is InChI=1S/C25H29FN8O5S/c1-5-19(35)32-40(36,37)16-6-7-17(18(26)12-16)20-21-22(33(4)30-20)24(28-13-27-21)38-15-8-10-34(11-9-15)25-29-23(14(2)3)31-39-25/h6-7,12-15H,5,8-11H2,1-4H3,(H,32,35). The Morgan fingerprint density at radius 1 is 1.25 bits per heavy atom. The van der Waals surface area contributed by atoms with E-state index < -0.39 is 21.7 Å². The molecule has 0 atom stereocenters. The SMILES string of the molecule is CCC(=O)NS(=O)(=O)c1ccc(-c2nn(C)c3c(OC4CCN(c5nc(C(C)C)no5)CC4)ncnc23)c(F)c1. The van der Waals surface area contributed by atoms with Crippen LogP contribution in [0.1, 0.15) is 51.8 Å². The molecule has 1 saturated heterocycles. The number of ether oxygens (including phenoxy) is 1. The van der Waals surface area contributed by atoms with E-state index in [0.717, 1.165) is 6.07 Å². The summed E-state index contributed by atoms with van der Waals surface area (Å²) in [4.78, 5) is 26.3. The van der Waals surface area contributed by atoms with E-state index >= 15 is 4.39 Å². The topological polar surface area (TPSA) is 158 Å². The Hall–Kier alpha value is -4.14. The van der Waals surface area contributed by atoms with Crippen molar-refractivity contribution in [1.82, 2.24) is 34.6 Å². The van der Waals surface area contributed by atoms with Crippen LogP contribution in [-0.2, 0) is 21.9 Å². The Morgan fingerprint density at radius 2 is 2.00 bits per heavy atom. The van der Waals surface area contributed by atoms with Gasteiger partial charge in [-0.15, -0.1) is 0 Å². The van der Waals surface area contributed by atoms with E-state index in [2.05, 4.69) is 25.2 Å². The number of hydrogen-bond donors (Lipinski definition) is 1. The van der Waals surface area contributed by atoms with E-state index in [4.69, 9.17) is 9.26 Å². The lowest BCUT2D eigenvalue weighted by Gasteiger charge is -2.30. The number of fused-ring (bicyclic) bond motifs is 1. The first-order chi connectivity index (χ1) is 19.1. The van der Waals surface area contributed by atoms with Crippen molar-refractivity contribution in [3.63, 3.8) is 0 Å². The van der Waals surface area contributed by atoms with Crippen LogP contribution in [0.5, 0.6) is 5.88 Å². The third-order valence-electron chi connectivity index (χ3n) is 6.60. The van der Waals surface area contributed by atoms with Crippen LogP contribution in [-0.4, -0.2) is 63.4 Å². The molecule has 1 fully saturated rings. The van der Waals surface area contributed by atoms with Crippen LogP contribution < -0.4 is 14.4 Å². The fraction of sp³-hybridized carbons (Fsp3) is 0.440. The molecule has 15 heteroatoms. The van der Waals surface area contributed by atoms with Crippen molar-refractivity contribution in [2.45, 2.75) is 57.0 Å². The minimum Gasteiger partial charge on any atom is -0.473 e. The maximum atomic E-state index is 15.2. The van der Waals surface area contributed by atoms with Crippen molar-refractivity contribution in [1.29, 1.82) is 0 Å². The average Bonchev–Trinajstić information content (AvgIpc) is 3.55. The number of rotatable bonds is 8. The third kappa shape index (κ3) is 5.33. The number of nitrogens with one attached hydrogen (secondary N) is 1. The number of carbonyl (C=O) groups excluding carboxylic acids is 1. The molecule has 1 aliphatic rings. The van der Waals surface area contributed by atoms with Gasteiger partial charge in [0.25, 0.3) is 10.0 Å². The number of hydrogen-bond acceptors (Lipinski definition) is 11. The number of anilines is 1. The van der Waals surface area contributed by atoms with Crippen LogP contribution in [0.15, 0.2) is 33.9 Å². The molecule has 1 N–H and O–H groups in total. The first kappa shape index (κ1) is 27.4. The minimum atomic E-state index is -4.21. The first-order valence-electron chi connectivity index (χ1n) is 12.9. The van der Waals surface area contributed by atoms with E-state index in [1.54, 1.807) is 7.05 Å². The molecule has 0 saturated carbocycles. The van der Waals surface area contributed by atoms with E-state index in [1.165, 1.54) is 30.1 Å². The van der Waals surface area contributed by atoms with Gasteiger partial charge in [-0.3, -0.25) is 9.48 Å². The van der Waals surface area contributed by atoms with Gasteiger partial charge in [0.15, 0.2) is 5.82 Å². The lowest BCUT2D eigenvalue weighted by Crippen LogP contribution is -2.38. The molecule has 0 spiro atoms. The van der Waals surface area contributed by atoms with E-state index in [0.29, 0.717) is 54.7 Å². The zero-order chi connectivity index (χ0) is 28.6. The molecule has 13 nitrogen and oxygen atoms in total. The van der Waals surface area contributed by atoms with Crippen molar-refractivity contribution in [3.8, 4) is 17.1 Å². The first-order valence-corrected chi connectivity index (χ1v) is 14.3. The van der Waals surface area contributed by atoms with Gasteiger partial charge in [-0.25, -0.2) is 22.5 Å². The molecule has 1 amide bonds.